The molecule has 2 heteroatoms. The van der Waals surface area contributed by atoms with E-state index in [2.05, 4.69) is 6.07 Å². The molecule has 0 spiro atoms. The maximum Gasteiger partial charge on any atom is 0.157 e. The van der Waals surface area contributed by atoms with E-state index >= 15 is 0 Å². The van der Waals surface area contributed by atoms with Gasteiger partial charge in [0.1, 0.15) is 5.92 Å². The van der Waals surface area contributed by atoms with E-state index in [-0.39, 0.29) is 11.7 Å². The number of aryl methyl sites for hydroxylation is 1. The number of carbonyl (C=O) groups is 1. The van der Waals surface area contributed by atoms with Crippen molar-refractivity contribution in [3.05, 3.63) is 35.4 Å². The summed E-state index contributed by atoms with van der Waals surface area (Å²) in [6.45, 7) is 2.02. The van der Waals surface area contributed by atoms with Gasteiger partial charge in [0.2, 0.25) is 0 Å². The molecule has 0 bridgehead atoms. The van der Waals surface area contributed by atoms with Crippen LogP contribution in [0.1, 0.15) is 62.0 Å². The first-order valence-electron chi connectivity index (χ1n) is 7.72. The number of rotatable bonds is 3. The molecule has 106 valence electrons. The second kappa shape index (κ2) is 7.24. The van der Waals surface area contributed by atoms with Crippen molar-refractivity contribution < 1.29 is 4.79 Å². The van der Waals surface area contributed by atoms with Crippen molar-refractivity contribution in [3.63, 3.8) is 0 Å². The van der Waals surface area contributed by atoms with E-state index < -0.39 is 5.92 Å². The molecular weight excluding hydrogens is 246 g/mol. The fourth-order valence-corrected chi connectivity index (χ4v) is 3.04. The zero-order valence-corrected chi connectivity index (χ0v) is 12.3. The van der Waals surface area contributed by atoms with Crippen LogP contribution in [-0.4, -0.2) is 5.78 Å². The van der Waals surface area contributed by atoms with Crippen molar-refractivity contribution >= 4 is 5.78 Å². The second-order valence-electron chi connectivity index (χ2n) is 5.92. The Kier molecular flexibility index (Phi) is 5.35. The molecule has 0 radical (unpaired) electrons. The number of nitrogens with zero attached hydrogens (tertiary/aromatic N) is 1. The van der Waals surface area contributed by atoms with Gasteiger partial charge in [-0.05, 0) is 25.3 Å². The first-order chi connectivity index (χ1) is 9.72. The van der Waals surface area contributed by atoms with E-state index in [4.69, 9.17) is 0 Å². The smallest absolute Gasteiger partial charge is 0.157 e. The molecule has 2 rings (SSSR count). The summed E-state index contributed by atoms with van der Waals surface area (Å²) in [5, 5.41) is 9.40. The third kappa shape index (κ3) is 3.70. The van der Waals surface area contributed by atoms with Gasteiger partial charge in [-0.25, -0.2) is 0 Å². The minimum atomic E-state index is -0.583. The molecule has 1 atom stereocenters. The molecule has 1 fully saturated rings. The van der Waals surface area contributed by atoms with E-state index in [0.29, 0.717) is 0 Å². The zero-order chi connectivity index (χ0) is 14.4. The van der Waals surface area contributed by atoms with Crippen molar-refractivity contribution in [3.8, 4) is 6.07 Å². The lowest BCUT2D eigenvalue weighted by atomic mass is 9.81. The van der Waals surface area contributed by atoms with E-state index in [0.717, 1.165) is 36.8 Å². The van der Waals surface area contributed by atoms with Crippen LogP contribution < -0.4 is 0 Å². The van der Waals surface area contributed by atoms with Crippen LogP contribution in [0, 0.1) is 24.2 Å². The van der Waals surface area contributed by atoms with E-state index in [1.165, 1.54) is 19.3 Å². The molecule has 0 saturated heterocycles. The Labute approximate surface area is 121 Å². The quantitative estimate of drug-likeness (QED) is 0.808. The largest absolute Gasteiger partial charge is 0.298 e. The highest BCUT2D eigenvalue weighted by atomic mass is 16.1. The summed E-state index contributed by atoms with van der Waals surface area (Å²) in [5.74, 6) is -0.362. The molecule has 2 nitrogen and oxygen atoms in total. The molecule has 1 aromatic rings. The molecular formula is C18H23NO. The molecule has 1 aliphatic carbocycles. The lowest BCUT2D eigenvalue weighted by Crippen LogP contribution is -2.22. The summed E-state index contributed by atoms with van der Waals surface area (Å²) in [5.41, 5.74) is 2.01. The summed E-state index contributed by atoms with van der Waals surface area (Å²) in [7, 11) is 0. The predicted molar refractivity (Wildman–Crippen MR) is 80.3 cm³/mol. The van der Waals surface area contributed by atoms with Gasteiger partial charge in [-0.3, -0.25) is 4.79 Å². The summed E-state index contributed by atoms with van der Waals surface area (Å²) in [6, 6.07) is 10.0. The van der Waals surface area contributed by atoms with Crippen LogP contribution >= 0.6 is 0 Å². The third-order valence-electron chi connectivity index (χ3n) is 4.33. The number of carbonyl (C=O) groups excluding carboxylic acids is 1. The van der Waals surface area contributed by atoms with Gasteiger partial charge >= 0.3 is 0 Å². The molecule has 0 aromatic heterocycles. The van der Waals surface area contributed by atoms with Crippen LogP contribution in [0.5, 0.6) is 0 Å². The maximum absolute atomic E-state index is 12.7. The fraction of sp³-hybridized carbons (Fsp3) is 0.556. The van der Waals surface area contributed by atoms with Crippen molar-refractivity contribution in [1.82, 2.24) is 0 Å². The molecule has 0 amide bonds. The highest BCUT2D eigenvalue weighted by molar-refractivity contribution is 5.90. The highest BCUT2D eigenvalue weighted by Gasteiger charge is 2.28. The number of hydrogen-bond donors (Lipinski definition) is 0. The van der Waals surface area contributed by atoms with E-state index in [1.807, 2.05) is 31.2 Å². The van der Waals surface area contributed by atoms with Gasteiger partial charge in [0.05, 0.1) is 6.07 Å². The summed E-state index contributed by atoms with van der Waals surface area (Å²) in [6.07, 6.45) is 7.92. The van der Waals surface area contributed by atoms with Gasteiger partial charge in [0.25, 0.3) is 0 Å². The minimum absolute atomic E-state index is 0.0845. The fourth-order valence-electron chi connectivity index (χ4n) is 3.04. The van der Waals surface area contributed by atoms with Gasteiger partial charge in [0, 0.05) is 5.92 Å². The van der Waals surface area contributed by atoms with Gasteiger partial charge in [-0.2, -0.15) is 5.26 Å². The van der Waals surface area contributed by atoms with Gasteiger partial charge in [0.15, 0.2) is 5.78 Å². The Hall–Kier alpha value is -1.62. The van der Waals surface area contributed by atoms with Crippen molar-refractivity contribution in [2.75, 3.05) is 0 Å². The Morgan fingerprint density at radius 2 is 1.65 bits per heavy atom. The SMILES string of the molecule is Cc1ccc(C(C#N)C(=O)C2CCCCCCC2)cc1. The lowest BCUT2D eigenvalue weighted by Gasteiger charge is -2.21. The monoisotopic (exact) mass is 269 g/mol. The zero-order valence-electron chi connectivity index (χ0n) is 12.3. The topological polar surface area (TPSA) is 40.9 Å². The first kappa shape index (κ1) is 14.8. The highest BCUT2D eigenvalue weighted by Crippen LogP contribution is 2.29. The molecule has 0 N–H and O–H groups in total. The summed E-state index contributed by atoms with van der Waals surface area (Å²) < 4.78 is 0. The molecule has 1 aliphatic rings. The Morgan fingerprint density at radius 1 is 1.10 bits per heavy atom. The summed E-state index contributed by atoms with van der Waals surface area (Å²) in [4.78, 5) is 12.7. The number of nitriles is 1. The Morgan fingerprint density at radius 3 is 2.20 bits per heavy atom. The number of benzene rings is 1. The third-order valence-corrected chi connectivity index (χ3v) is 4.33. The van der Waals surface area contributed by atoms with Crippen LogP contribution in [-0.2, 0) is 4.79 Å². The van der Waals surface area contributed by atoms with E-state index in [9.17, 15) is 10.1 Å². The number of ketones is 1. The minimum Gasteiger partial charge on any atom is -0.298 e. The molecule has 0 aliphatic heterocycles. The predicted octanol–water partition coefficient (Wildman–Crippen LogP) is 4.53. The number of Topliss-reactive ketones (excluding diaryl/α,β-unsaturated/α-hetero) is 1. The van der Waals surface area contributed by atoms with Crippen molar-refractivity contribution in [2.24, 2.45) is 5.92 Å². The standard InChI is InChI=1S/C18H23NO/c1-14-9-11-15(12-10-14)17(13-19)18(20)16-7-5-3-2-4-6-8-16/h9-12,16-17H,2-8H2,1H3. The van der Waals surface area contributed by atoms with E-state index in [1.54, 1.807) is 0 Å². The summed E-state index contributed by atoms with van der Waals surface area (Å²) >= 11 is 0. The van der Waals surface area contributed by atoms with Gasteiger partial charge < -0.3 is 0 Å². The van der Waals surface area contributed by atoms with Crippen LogP contribution in [0.2, 0.25) is 0 Å². The molecule has 20 heavy (non-hydrogen) atoms. The molecule has 0 heterocycles. The van der Waals surface area contributed by atoms with Gasteiger partial charge in [-0.1, -0.05) is 61.9 Å². The van der Waals surface area contributed by atoms with Crippen LogP contribution in [0.4, 0.5) is 0 Å². The van der Waals surface area contributed by atoms with Crippen LogP contribution in [0.3, 0.4) is 0 Å². The normalized spacial score (nSPS) is 18.6. The Balaban J connectivity index is 2.11. The average molecular weight is 269 g/mol. The van der Waals surface area contributed by atoms with Crippen LogP contribution in [0.25, 0.3) is 0 Å². The first-order valence-corrected chi connectivity index (χ1v) is 7.72. The molecule has 1 unspecified atom stereocenters. The lowest BCUT2D eigenvalue weighted by molar-refractivity contribution is -0.123. The van der Waals surface area contributed by atoms with Crippen molar-refractivity contribution in [1.29, 1.82) is 5.26 Å². The maximum atomic E-state index is 12.7. The molecule has 1 saturated carbocycles. The average Bonchev–Trinajstić information content (AvgIpc) is 2.41. The Bertz CT molecular complexity index is 475. The number of hydrogen-bond acceptors (Lipinski definition) is 2. The second-order valence-corrected chi connectivity index (χ2v) is 5.92. The molecule has 1 aromatic carbocycles. The van der Waals surface area contributed by atoms with Crippen LogP contribution in [0.15, 0.2) is 24.3 Å². The van der Waals surface area contributed by atoms with Crippen molar-refractivity contribution in [2.45, 2.75) is 57.8 Å². The van der Waals surface area contributed by atoms with Gasteiger partial charge in [-0.15, -0.1) is 0 Å².